The van der Waals surface area contributed by atoms with Gasteiger partial charge in [0.2, 0.25) is 5.91 Å². The fraction of sp³-hybridized carbons (Fsp3) is 0.923. The summed E-state index contributed by atoms with van der Waals surface area (Å²) in [6, 6.07) is 0. The van der Waals surface area contributed by atoms with Gasteiger partial charge in [-0.1, -0.05) is 33.1 Å². The number of nitrogens with one attached hydrogen (secondary N) is 1. The van der Waals surface area contributed by atoms with E-state index in [1.165, 1.54) is 19.3 Å². The zero-order valence-electron chi connectivity index (χ0n) is 10.9. The highest BCUT2D eigenvalue weighted by molar-refractivity contribution is 5.84. The highest BCUT2D eigenvalue weighted by Gasteiger charge is 2.39. The molecule has 0 saturated heterocycles. The van der Waals surface area contributed by atoms with Gasteiger partial charge in [-0.15, -0.1) is 0 Å². The maximum absolute atomic E-state index is 11.7. The topological polar surface area (TPSA) is 55.1 Å². The fourth-order valence-electron chi connectivity index (χ4n) is 2.53. The van der Waals surface area contributed by atoms with Gasteiger partial charge in [0.15, 0.2) is 0 Å². The summed E-state index contributed by atoms with van der Waals surface area (Å²) in [5, 5.41) is 3.39. The summed E-state index contributed by atoms with van der Waals surface area (Å²) in [6.45, 7) is 7.13. The molecule has 1 unspecified atom stereocenters. The Kier molecular flexibility index (Phi) is 4.78. The van der Waals surface area contributed by atoms with Gasteiger partial charge in [-0.25, -0.2) is 0 Å². The minimum Gasteiger partial charge on any atom is -0.368 e. The van der Waals surface area contributed by atoms with Crippen LogP contribution in [0.1, 0.15) is 52.9 Å². The van der Waals surface area contributed by atoms with Crippen molar-refractivity contribution in [3.63, 3.8) is 0 Å². The van der Waals surface area contributed by atoms with Crippen molar-refractivity contribution < 1.29 is 4.79 Å². The summed E-state index contributed by atoms with van der Waals surface area (Å²) in [5.74, 6) is 0.764. The first kappa shape index (κ1) is 13.5. The number of hydrogen-bond donors (Lipinski definition) is 2. The molecule has 3 N–H and O–H groups in total. The molecule has 0 spiro atoms. The van der Waals surface area contributed by atoms with Gasteiger partial charge in [0.05, 0.1) is 5.54 Å². The number of carbonyl (C=O) groups excluding carboxylic acids is 1. The van der Waals surface area contributed by atoms with Crippen LogP contribution in [-0.4, -0.2) is 18.0 Å². The number of primary amides is 1. The van der Waals surface area contributed by atoms with Crippen molar-refractivity contribution in [1.29, 1.82) is 0 Å². The normalized spacial score (nSPS) is 22.0. The molecule has 94 valence electrons. The number of nitrogens with two attached hydrogens (primary N) is 1. The predicted octanol–water partition coefficient (Wildman–Crippen LogP) is 2.06. The molecule has 1 atom stereocenters. The van der Waals surface area contributed by atoms with Crippen LogP contribution in [0.2, 0.25) is 0 Å². The van der Waals surface area contributed by atoms with E-state index >= 15 is 0 Å². The molecular formula is C13H26N2O. The highest BCUT2D eigenvalue weighted by atomic mass is 16.1. The molecular weight excluding hydrogens is 200 g/mol. The van der Waals surface area contributed by atoms with E-state index in [0.29, 0.717) is 11.8 Å². The lowest BCUT2D eigenvalue weighted by molar-refractivity contribution is -0.126. The van der Waals surface area contributed by atoms with Crippen LogP contribution in [0.4, 0.5) is 0 Å². The van der Waals surface area contributed by atoms with Crippen LogP contribution in [0.5, 0.6) is 0 Å². The quantitative estimate of drug-likeness (QED) is 0.754. The monoisotopic (exact) mass is 226 g/mol. The van der Waals surface area contributed by atoms with Gasteiger partial charge in [0, 0.05) is 0 Å². The van der Waals surface area contributed by atoms with Crippen molar-refractivity contribution in [3.8, 4) is 0 Å². The zero-order chi connectivity index (χ0) is 12.2. The third-order valence-corrected chi connectivity index (χ3v) is 3.81. The average molecular weight is 226 g/mol. The molecule has 0 bridgehead atoms. The van der Waals surface area contributed by atoms with Gasteiger partial charge in [0.1, 0.15) is 0 Å². The number of rotatable bonds is 5. The fourth-order valence-corrected chi connectivity index (χ4v) is 2.53. The second-order valence-electron chi connectivity index (χ2n) is 5.68. The molecule has 0 radical (unpaired) electrons. The molecule has 0 aliphatic heterocycles. The summed E-state index contributed by atoms with van der Waals surface area (Å²) < 4.78 is 0. The van der Waals surface area contributed by atoms with Crippen molar-refractivity contribution in [2.45, 2.75) is 58.4 Å². The van der Waals surface area contributed by atoms with Crippen LogP contribution in [0.3, 0.4) is 0 Å². The van der Waals surface area contributed by atoms with E-state index in [1.54, 1.807) is 0 Å². The summed E-state index contributed by atoms with van der Waals surface area (Å²) in [6.07, 6.45) is 6.03. The SMILES string of the molecule is CC(C)CNC(C)(C(N)=O)C1CCCCC1. The first-order valence-electron chi connectivity index (χ1n) is 6.51. The molecule has 1 rings (SSSR count). The molecule has 3 heteroatoms. The molecule has 0 aromatic rings. The first-order valence-corrected chi connectivity index (χ1v) is 6.51. The van der Waals surface area contributed by atoms with Gasteiger partial charge in [-0.05, 0) is 38.1 Å². The Morgan fingerprint density at radius 1 is 1.38 bits per heavy atom. The number of amides is 1. The minimum atomic E-state index is -0.509. The predicted molar refractivity (Wildman–Crippen MR) is 67.0 cm³/mol. The van der Waals surface area contributed by atoms with Crippen molar-refractivity contribution in [1.82, 2.24) is 5.32 Å². The van der Waals surface area contributed by atoms with Crippen molar-refractivity contribution in [2.75, 3.05) is 6.54 Å². The highest BCUT2D eigenvalue weighted by Crippen LogP contribution is 2.32. The molecule has 1 amide bonds. The molecule has 0 aromatic carbocycles. The van der Waals surface area contributed by atoms with Crippen LogP contribution in [0.15, 0.2) is 0 Å². The zero-order valence-corrected chi connectivity index (χ0v) is 10.9. The van der Waals surface area contributed by atoms with E-state index in [-0.39, 0.29) is 5.91 Å². The first-order chi connectivity index (χ1) is 7.47. The Hall–Kier alpha value is -0.570. The van der Waals surface area contributed by atoms with Gasteiger partial charge in [0.25, 0.3) is 0 Å². The molecule has 0 heterocycles. The standard InChI is InChI=1S/C13H26N2O/c1-10(2)9-15-13(3,12(14)16)11-7-5-4-6-8-11/h10-11,15H,4-9H2,1-3H3,(H2,14,16). The van der Waals surface area contributed by atoms with E-state index < -0.39 is 5.54 Å². The second kappa shape index (κ2) is 5.67. The molecule has 0 aromatic heterocycles. The molecule has 16 heavy (non-hydrogen) atoms. The van der Waals surface area contributed by atoms with Crippen molar-refractivity contribution in [3.05, 3.63) is 0 Å². The molecule has 1 saturated carbocycles. The lowest BCUT2D eigenvalue weighted by Gasteiger charge is -2.38. The lowest BCUT2D eigenvalue weighted by Crippen LogP contribution is -2.59. The molecule has 1 fully saturated rings. The van der Waals surface area contributed by atoms with E-state index in [4.69, 9.17) is 5.73 Å². The van der Waals surface area contributed by atoms with Gasteiger partial charge in [-0.3, -0.25) is 4.79 Å². The van der Waals surface area contributed by atoms with Gasteiger partial charge >= 0.3 is 0 Å². The van der Waals surface area contributed by atoms with E-state index in [2.05, 4.69) is 19.2 Å². The average Bonchev–Trinajstić information content (AvgIpc) is 2.26. The van der Waals surface area contributed by atoms with Gasteiger partial charge < -0.3 is 11.1 Å². The maximum atomic E-state index is 11.7. The van der Waals surface area contributed by atoms with E-state index in [0.717, 1.165) is 19.4 Å². The maximum Gasteiger partial charge on any atom is 0.237 e. The molecule has 3 nitrogen and oxygen atoms in total. The Morgan fingerprint density at radius 2 is 1.94 bits per heavy atom. The number of hydrogen-bond acceptors (Lipinski definition) is 2. The van der Waals surface area contributed by atoms with Crippen LogP contribution >= 0.6 is 0 Å². The summed E-state index contributed by atoms with van der Waals surface area (Å²) in [4.78, 5) is 11.7. The number of carbonyl (C=O) groups is 1. The largest absolute Gasteiger partial charge is 0.368 e. The van der Waals surface area contributed by atoms with Crippen LogP contribution in [0.25, 0.3) is 0 Å². The van der Waals surface area contributed by atoms with E-state index in [1.807, 2.05) is 6.92 Å². The Balaban J connectivity index is 2.66. The lowest BCUT2D eigenvalue weighted by atomic mass is 9.75. The minimum absolute atomic E-state index is 0.194. The second-order valence-corrected chi connectivity index (χ2v) is 5.68. The summed E-state index contributed by atoms with van der Waals surface area (Å²) >= 11 is 0. The van der Waals surface area contributed by atoms with Gasteiger partial charge in [-0.2, -0.15) is 0 Å². The van der Waals surface area contributed by atoms with E-state index in [9.17, 15) is 4.79 Å². The third kappa shape index (κ3) is 3.21. The Labute approximate surface area is 99.2 Å². The Bertz CT molecular complexity index is 234. The Morgan fingerprint density at radius 3 is 2.38 bits per heavy atom. The van der Waals surface area contributed by atoms with Crippen LogP contribution in [-0.2, 0) is 4.79 Å². The van der Waals surface area contributed by atoms with Crippen molar-refractivity contribution in [2.24, 2.45) is 17.6 Å². The third-order valence-electron chi connectivity index (χ3n) is 3.81. The van der Waals surface area contributed by atoms with Crippen LogP contribution < -0.4 is 11.1 Å². The molecule has 1 aliphatic rings. The van der Waals surface area contributed by atoms with Crippen molar-refractivity contribution >= 4 is 5.91 Å². The van der Waals surface area contributed by atoms with Crippen LogP contribution in [0, 0.1) is 11.8 Å². The summed E-state index contributed by atoms with van der Waals surface area (Å²) in [5.41, 5.74) is 5.08. The smallest absolute Gasteiger partial charge is 0.237 e. The molecule has 1 aliphatic carbocycles. The summed E-state index contributed by atoms with van der Waals surface area (Å²) in [7, 11) is 0.